The van der Waals surface area contributed by atoms with Crippen LogP contribution in [-0.4, -0.2) is 28.6 Å². The third kappa shape index (κ3) is 2.94. The van der Waals surface area contributed by atoms with E-state index in [-0.39, 0.29) is 0 Å². The molecule has 0 saturated heterocycles. The Kier molecular flexibility index (Phi) is 3.82. The van der Waals surface area contributed by atoms with Crippen molar-refractivity contribution in [2.75, 3.05) is 11.5 Å². The lowest BCUT2D eigenvalue weighted by molar-refractivity contribution is -0.137. The molecule has 1 atom stereocenters. The summed E-state index contributed by atoms with van der Waals surface area (Å²) in [5, 5.41) is 8.77. The maximum absolute atomic E-state index is 10.7. The van der Waals surface area contributed by atoms with Crippen molar-refractivity contribution in [2.45, 2.75) is 51.0 Å². The van der Waals surface area contributed by atoms with Crippen LogP contribution in [0, 0.1) is 23.2 Å². The summed E-state index contributed by atoms with van der Waals surface area (Å²) < 4.78 is 0. The molecule has 0 heterocycles. The normalized spacial score (nSPS) is 41.4. The first-order chi connectivity index (χ1) is 9.06. The van der Waals surface area contributed by atoms with Crippen LogP contribution in [0.25, 0.3) is 0 Å². The van der Waals surface area contributed by atoms with Crippen LogP contribution in [0.15, 0.2) is 0 Å². The molecule has 0 radical (unpaired) electrons. The van der Waals surface area contributed by atoms with Gasteiger partial charge in [0.25, 0.3) is 0 Å². The largest absolute Gasteiger partial charge is 0.480 e. The summed E-state index contributed by atoms with van der Waals surface area (Å²) in [5.74, 6) is 3.81. The summed E-state index contributed by atoms with van der Waals surface area (Å²) in [6, 6.07) is -0.693. The first kappa shape index (κ1) is 13.7. The van der Waals surface area contributed by atoms with Gasteiger partial charge in [0, 0.05) is 5.75 Å². The first-order valence-electron chi connectivity index (χ1n) is 7.62. The number of thioether (sulfide) groups is 1. The second kappa shape index (κ2) is 5.28. The van der Waals surface area contributed by atoms with Crippen molar-refractivity contribution in [3.63, 3.8) is 0 Å². The van der Waals surface area contributed by atoms with E-state index in [1.165, 1.54) is 44.9 Å². The van der Waals surface area contributed by atoms with Gasteiger partial charge in [-0.3, -0.25) is 4.79 Å². The Morgan fingerprint density at radius 2 is 1.74 bits per heavy atom. The Balaban J connectivity index is 1.46. The number of aliphatic carboxylic acids is 1. The van der Waals surface area contributed by atoms with E-state index in [4.69, 9.17) is 10.8 Å². The summed E-state index contributed by atoms with van der Waals surface area (Å²) in [4.78, 5) is 10.7. The minimum atomic E-state index is -0.873. The number of carboxylic acid groups (broad SMARTS) is 1. The maximum Gasteiger partial charge on any atom is 0.321 e. The predicted octanol–water partition coefficient (Wildman–Crippen LogP) is 2.74. The highest BCUT2D eigenvalue weighted by atomic mass is 32.2. The van der Waals surface area contributed by atoms with Gasteiger partial charge in [-0.2, -0.15) is 11.8 Å². The van der Waals surface area contributed by atoms with Crippen molar-refractivity contribution in [1.82, 2.24) is 0 Å². The van der Waals surface area contributed by atoms with Crippen LogP contribution < -0.4 is 5.73 Å². The smallest absolute Gasteiger partial charge is 0.321 e. The Labute approximate surface area is 119 Å². The van der Waals surface area contributed by atoms with Gasteiger partial charge >= 0.3 is 5.97 Å². The van der Waals surface area contributed by atoms with Gasteiger partial charge in [0.1, 0.15) is 6.04 Å². The molecule has 19 heavy (non-hydrogen) atoms. The number of carbonyl (C=O) groups is 1. The van der Waals surface area contributed by atoms with Crippen molar-refractivity contribution in [2.24, 2.45) is 28.9 Å². The molecular formula is C15H25NO2S. The number of rotatable bonds is 6. The van der Waals surface area contributed by atoms with Crippen molar-refractivity contribution in [3.05, 3.63) is 0 Å². The van der Waals surface area contributed by atoms with E-state index in [1.807, 2.05) is 0 Å². The van der Waals surface area contributed by atoms with Gasteiger partial charge in [0.05, 0.1) is 0 Å². The highest BCUT2D eigenvalue weighted by Crippen LogP contribution is 2.61. The van der Waals surface area contributed by atoms with Crippen LogP contribution >= 0.6 is 11.8 Å². The molecule has 0 unspecified atom stereocenters. The van der Waals surface area contributed by atoms with E-state index < -0.39 is 12.0 Å². The molecule has 0 spiro atoms. The van der Waals surface area contributed by atoms with Crippen LogP contribution in [0.2, 0.25) is 0 Å². The van der Waals surface area contributed by atoms with Crippen molar-refractivity contribution in [1.29, 1.82) is 0 Å². The monoisotopic (exact) mass is 283 g/mol. The zero-order chi connectivity index (χ0) is 13.5. The van der Waals surface area contributed by atoms with Crippen molar-refractivity contribution in [3.8, 4) is 0 Å². The van der Waals surface area contributed by atoms with E-state index in [2.05, 4.69) is 0 Å². The molecule has 4 saturated carbocycles. The van der Waals surface area contributed by atoms with Crippen LogP contribution in [0.4, 0.5) is 0 Å². The molecule has 0 aromatic carbocycles. The molecule has 0 amide bonds. The Morgan fingerprint density at radius 1 is 1.21 bits per heavy atom. The molecule has 3 N–H and O–H groups in total. The van der Waals surface area contributed by atoms with Gasteiger partial charge in [-0.05, 0) is 73.9 Å². The fourth-order valence-corrected chi connectivity index (χ4v) is 6.31. The number of hydrogen-bond donors (Lipinski definition) is 2. The predicted molar refractivity (Wildman–Crippen MR) is 78.2 cm³/mol. The number of hydrogen-bond acceptors (Lipinski definition) is 3. The lowest BCUT2D eigenvalue weighted by atomic mass is 9.49. The fourth-order valence-electron chi connectivity index (χ4n) is 5.17. The van der Waals surface area contributed by atoms with Crippen molar-refractivity contribution < 1.29 is 9.90 Å². The highest BCUT2D eigenvalue weighted by Gasteiger charge is 2.50. The molecule has 0 aromatic rings. The quantitative estimate of drug-likeness (QED) is 0.736. The highest BCUT2D eigenvalue weighted by molar-refractivity contribution is 7.99. The summed E-state index contributed by atoms with van der Waals surface area (Å²) >= 11 is 1.73. The lowest BCUT2D eigenvalue weighted by Crippen LogP contribution is -2.46. The first-order valence-corrected chi connectivity index (χ1v) is 8.78. The van der Waals surface area contributed by atoms with Crippen LogP contribution in [0.1, 0.15) is 44.9 Å². The second-order valence-electron chi connectivity index (χ2n) is 7.19. The Bertz CT molecular complexity index is 323. The van der Waals surface area contributed by atoms with E-state index in [9.17, 15) is 4.79 Å². The molecule has 0 aliphatic heterocycles. The summed E-state index contributed by atoms with van der Waals surface area (Å²) in [5.41, 5.74) is 6.16. The zero-order valence-electron chi connectivity index (χ0n) is 11.5. The Hall–Kier alpha value is -0.220. The SMILES string of the molecule is N[C@H](CSCCC12CC3CC(CC(C3)C1)C2)C(=O)O. The molecule has 4 aliphatic carbocycles. The third-order valence-corrected chi connectivity index (χ3v) is 6.64. The zero-order valence-corrected chi connectivity index (χ0v) is 12.3. The molecule has 108 valence electrons. The van der Waals surface area contributed by atoms with Gasteiger partial charge in [0.15, 0.2) is 0 Å². The van der Waals surface area contributed by atoms with Gasteiger partial charge in [0.2, 0.25) is 0 Å². The number of nitrogens with two attached hydrogens (primary N) is 1. The third-order valence-electron chi connectivity index (χ3n) is 5.56. The van der Waals surface area contributed by atoms with Crippen molar-refractivity contribution >= 4 is 17.7 Å². The number of carboxylic acids is 1. The minimum absolute atomic E-state index is 0.557. The van der Waals surface area contributed by atoms with Gasteiger partial charge in [-0.25, -0.2) is 0 Å². The molecular weight excluding hydrogens is 258 g/mol. The summed E-state index contributed by atoms with van der Waals surface area (Å²) in [6.45, 7) is 0. The molecule has 0 aromatic heterocycles. The standard InChI is InChI=1S/C15H25NO2S/c16-13(14(17)18)9-19-2-1-15-6-10-3-11(7-15)5-12(4-10)8-15/h10-13H,1-9,16H2,(H,17,18)/t10?,11?,12?,13-,15?/m1/s1. The molecule has 4 aliphatic rings. The van der Waals surface area contributed by atoms with Gasteiger partial charge in [-0.15, -0.1) is 0 Å². The van der Waals surface area contributed by atoms with Gasteiger partial charge < -0.3 is 10.8 Å². The van der Waals surface area contributed by atoms with E-state index >= 15 is 0 Å². The molecule has 4 rings (SSSR count). The van der Waals surface area contributed by atoms with Crippen LogP contribution in [0.3, 0.4) is 0 Å². The van der Waals surface area contributed by atoms with Gasteiger partial charge in [-0.1, -0.05) is 0 Å². The topological polar surface area (TPSA) is 63.3 Å². The lowest BCUT2D eigenvalue weighted by Gasteiger charge is -2.57. The van der Waals surface area contributed by atoms with E-state index in [0.717, 1.165) is 23.5 Å². The summed E-state index contributed by atoms with van der Waals surface area (Å²) in [7, 11) is 0. The molecule has 4 fully saturated rings. The minimum Gasteiger partial charge on any atom is -0.480 e. The fraction of sp³-hybridized carbons (Fsp3) is 0.933. The second-order valence-corrected chi connectivity index (χ2v) is 8.34. The van der Waals surface area contributed by atoms with Crippen LogP contribution in [-0.2, 0) is 4.79 Å². The Morgan fingerprint density at radius 3 is 2.21 bits per heavy atom. The maximum atomic E-state index is 10.7. The molecule has 4 bridgehead atoms. The van der Waals surface area contributed by atoms with E-state index in [1.54, 1.807) is 11.8 Å². The average molecular weight is 283 g/mol. The van der Waals surface area contributed by atoms with Crippen LogP contribution in [0.5, 0.6) is 0 Å². The summed E-state index contributed by atoms with van der Waals surface area (Å²) in [6.07, 6.45) is 10.1. The van der Waals surface area contributed by atoms with E-state index in [0.29, 0.717) is 11.2 Å². The molecule has 3 nitrogen and oxygen atoms in total. The average Bonchev–Trinajstić information content (AvgIpc) is 2.32. The molecule has 4 heteroatoms.